The Morgan fingerprint density at radius 2 is 1.73 bits per heavy atom. The molecule has 1 aromatic heterocycles. The largest absolute Gasteiger partial charge is 0.417 e. The van der Waals surface area contributed by atoms with E-state index in [9.17, 15) is 13.2 Å². The fraction of sp³-hybridized carbons (Fsp3) is 0.389. The van der Waals surface area contributed by atoms with E-state index in [4.69, 9.17) is 5.73 Å². The number of nitrogen functional groups attached to an aromatic ring is 1. The summed E-state index contributed by atoms with van der Waals surface area (Å²) in [6.07, 6.45) is -1.64. The molecule has 0 amide bonds. The summed E-state index contributed by atoms with van der Waals surface area (Å²) in [5.41, 5.74) is 7.13. The van der Waals surface area contributed by atoms with Crippen LogP contribution in [0.1, 0.15) is 32.3 Å². The summed E-state index contributed by atoms with van der Waals surface area (Å²) in [7, 11) is 0. The summed E-state index contributed by atoms with van der Waals surface area (Å²) in [4.78, 5) is 5.90. The van der Waals surface area contributed by atoms with E-state index in [2.05, 4.69) is 34.0 Å². The van der Waals surface area contributed by atoms with Crippen molar-refractivity contribution in [2.24, 2.45) is 10.2 Å². The molecule has 0 atom stereocenters. The molecule has 26 heavy (non-hydrogen) atoms. The minimum atomic E-state index is -4.42. The standard InChI is InChI=1S/C18H22F3N5/c1-3-9-26(10-4-2)14-6-7-16(15(22)11-14)24-25-17-8-5-13(12-23-17)18(19,20)21/h5-8,11-12H,3-4,9-10,22H2,1-2H3. The fourth-order valence-corrected chi connectivity index (χ4v) is 2.46. The molecule has 0 aliphatic rings. The van der Waals surface area contributed by atoms with Gasteiger partial charge in [0.1, 0.15) is 5.69 Å². The summed E-state index contributed by atoms with van der Waals surface area (Å²) < 4.78 is 37.6. The van der Waals surface area contributed by atoms with E-state index in [-0.39, 0.29) is 5.82 Å². The van der Waals surface area contributed by atoms with Gasteiger partial charge in [0.15, 0.2) is 5.82 Å². The Bertz CT molecular complexity index is 735. The van der Waals surface area contributed by atoms with Gasteiger partial charge in [-0.3, -0.25) is 0 Å². The van der Waals surface area contributed by atoms with Crippen LogP contribution in [0.5, 0.6) is 0 Å². The molecule has 0 aliphatic heterocycles. The second-order valence-corrected chi connectivity index (χ2v) is 5.83. The number of nitrogens with zero attached hydrogens (tertiary/aromatic N) is 4. The normalized spacial score (nSPS) is 11.9. The second kappa shape index (κ2) is 8.64. The molecule has 1 heterocycles. The lowest BCUT2D eigenvalue weighted by Gasteiger charge is -2.24. The summed E-state index contributed by atoms with van der Waals surface area (Å²) in [5, 5.41) is 7.86. The van der Waals surface area contributed by atoms with Gasteiger partial charge in [-0.1, -0.05) is 13.8 Å². The van der Waals surface area contributed by atoms with Gasteiger partial charge in [-0.05, 0) is 43.2 Å². The molecule has 0 fully saturated rings. The van der Waals surface area contributed by atoms with Crippen molar-refractivity contribution in [1.29, 1.82) is 0 Å². The first-order valence-electron chi connectivity index (χ1n) is 8.44. The van der Waals surface area contributed by atoms with Crippen LogP contribution < -0.4 is 10.6 Å². The topological polar surface area (TPSA) is 66.9 Å². The van der Waals surface area contributed by atoms with Gasteiger partial charge < -0.3 is 10.6 Å². The van der Waals surface area contributed by atoms with Crippen molar-refractivity contribution in [2.45, 2.75) is 32.9 Å². The lowest BCUT2D eigenvalue weighted by atomic mass is 10.2. The van der Waals surface area contributed by atoms with Crippen molar-refractivity contribution in [3.05, 3.63) is 42.1 Å². The van der Waals surface area contributed by atoms with Crippen molar-refractivity contribution in [3.63, 3.8) is 0 Å². The Balaban J connectivity index is 2.15. The molecular weight excluding hydrogens is 343 g/mol. The molecule has 0 saturated heterocycles. The first-order chi connectivity index (χ1) is 12.3. The van der Waals surface area contributed by atoms with E-state index in [0.29, 0.717) is 11.4 Å². The van der Waals surface area contributed by atoms with Gasteiger partial charge >= 0.3 is 6.18 Å². The van der Waals surface area contributed by atoms with Crippen LogP contribution >= 0.6 is 0 Å². The summed E-state index contributed by atoms with van der Waals surface area (Å²) in [5.74, 6) is 0.0834. The first-order valence-corrected chi connectivity index (χ1v) is 8.44. The van der Waals surface area contributed by atoms with Crippen LogP contribution in [0.2, 0.25) is 0 Å². The molecule has 8 heteroatoms. The molecule has 1 aromatic carbocycles. The third-order valence-electron chi connectivity index (χ3n) is 3.70. The lowest BCUT2D eigenvalue weighted by molar-refractivity contribution is -0.137. The molecule has 0 bridgehead atoms. The predicted molar refractivity (Wildman–Crippen MR) is 97.1 cm³/mol. The molecule has 0 aliphatic carbocycles. The average Bonchev–Trinajstić information content (AvgIpc) is 2.60. The van der Waals surface area contributed by atoms with Crippen molar-refractivity contribution in [3.8, 4) is 0 Å². The number of rotatable bonds is 7. The van der Waals surface area contributed by atoms with Gasteiger partial charge in [0.2, 0.25) is 0 Å². The van der Waals surface area contributed by atoms with E-state index < -0.39 is 11.7 Å². The SMILES string of the molecule is CCCN(CCC)c1ccc(N=Nc2ccc(C(F)(F)F)cn2)c(N)c1. The Labute approximate surface area is 150 Å². The quantitative estimate of drug-likeness (QED) is 0.504. The molecule has 0 saturated carbocycles. The van der Waals surface area contributed by atoms with Gasteiger partial charge in [-0.2, -0.15) is 13.2 Å². The zero-order chi connectivity index (χ0) is 19.2. The van der Waals surface area contributed by atoms with Gasteiger partial charge in [-0.15, -0.1) is 10.2 Å². The zero-order valence-electron chi connectivity index (χ0n) is 14.8. The number of pyridine rings is 1. The highest BCUT2D eigenvalue weighted by Crippen LogP contribution is 2.31. The van der Waals surface area contributed by atoms with E-state index >= 15 is 0 Å². The lowest BCUT2D eigenvalue weighted by Crippen LogP contribution is -2.24. The molecule has 0 radical (unpaired) electrons. The highest BCUT2D eigenvalue weighted by molar-refractivity contribution is 5.69. The smallest absolute Gasteiger partial charge is 0.397 e. The number of halogens is 3. The molecule has 0 spiro atoms. The fourth-order valence-electron chi connectivity index (χ4n) is 2.46. The van der Waals surface area contributed by atoms with Crippen LogP contribution in [-0.2, 0) is 6.18 Å². The van der Waals surface area contributed by atoms with Crippen molar-refractivity contribution in [1.82, 2.24) is 4.98 Å². The number of aromatic nitrogens is 1. The maximum atomic E-state index is 12.5. The number of anilines is 2. The van der Waals surface area contributed by atoms with E-state index in [1.165, 1.54) is 6.07 Å². The minimum Gasteiger partial charge on any atom is -0.397 e. The number of hydrogen-bond donors (Lipinski definition) is 1. The van der Waals surface area contributed by atoms with Gasteiger partial charge in [0.25, 0.3) is 0 Å². The highest BCUT2D eigenvalue weighted by atomic mass is 19.4. The Hall–Kier alpha value is -2.64. The number of alkyl halides is 3. The van der Waals surface area contributed by atoms with E-state index in [0.717, 1.165) is 43.9 Å². The van der Waals surface area contributed by atoms with Crippen molar-refractivity contribution < 1.29 is 13.2 Å². The average molecular weight is 365 g/mol. The number of azo groups is 1. The molecule has 0 unspecified atom stereocenters. The van der Waals surface area contributed by atoms with Crippen molar-refractivity contribution in [2.75, 3.05) is 23.7 Å². The van der Waals surface area contributed by atoms with Crippen LogP contribution in [0.3, 0.4) is 0 Å². The Morgan fingerprint density at radius 1 is 1.04 bits per heavy atom. The van der Waals surface area contributed by atoms with Gasteiger partial charge in [-0.25, -0.2) is 4.98 Å². The monoisotopic (exact) mass is 365 g/mol. The number of hydrogen-bond acceptors (Lipinski definition) is 5. The van der Waals surface area contributed by atoms with Crippen LogP contribution in [0.25, 0.3) is 0 Å². The van der Waals surface area contributed by atoms with Crippen LogP contribution in [-0.4, -0.2) is 18.1 Å². The van der Waals surface area contributed by atoms with Crippen LogP contribution in [0.4, 0.5) is 36.1 Å². The van der Waals surface area contributed by atoms with E-state index in [1.54, 1.807) is 6.07 Å². The summed E-state index contributed by atoms with van der Waals surface area (Å²) in [6, 6.07) is 7.58. The van der Waals surface area contributed by atoms with Crippen LogP contribution in [0, 0.1) is 0 Å². The van der Waals surface area contributed by atoms with Crippen molar-refractivity contribution >= 4 is 22.9 Å². The molecular formula is C18H22F3N5. The summed E-state index contributed by atoms with van der Waals surface area (Å²) in [6.45, 7) is 6.10. The number of nitrogens with two attached hydrogens (primary N) is 1. The molecule has 2 N–H and O–H groups in total. The van der Waals surface area contributed by atoms with Crippen LogP contribution in [0.15, 0.2) is 46.8 Å². The Kier molecular flexibility index (Phi) is 6.54. The highest BCUT2D eigenvalue weighted by Gasteiger charge is 2.30. The third kappa shape index (κ3) is 5.18. The van der Waals surface area contributed by atoms with E-state index in [1.807, 2.05) is 12.1 Å². The molecule has 140 valence electrons. The molecule has 2 rings (SSSR count). The second-order valence-electron chi connectivity index (χ2n) is 5.83. The summed E-state index contributed by atoms with van der Waals surface area (Å²) >= 11 is 0. The molecule has 2 aromatic rings. The predicted octanol–water partition coefficient (Wildman–Crippen LogP) is 5.72. The Morgan fingerprint density at radius 3 is 2.23 bits per heavy atom. The molecule has 5 nitrogen and oxygen atoms in total. The number of benzene rings is 1. The van der Waals surface area contributed by atoms with Gasteiger partial charge in [0.05, 0.1) is 11.3 Å². The first kappa shape index (κ1) is 19.7. The maximum absolute atomic E-state index is 12.5. The minimum absolute atomic E-state index is 0.0834. The maximum Gasteiger partial charge on any atom is 0.417 e. The van der Waals surface area contributed by atoms with Gasteiger partial charge in [0, 0.05) is 25.0 Å². The third-order valence-corrected chi connectivity index (χ3v) is 3.70. The zero-order valence-corrected chi connectivity index (χ0v) is 14.8.